The van der Waals surface area contributed by atoms with E-state index < -0.39 is 35.1 Å². The number of aryl methyl sites for hydroxylation is 1. The van der Waals surface area contributed by atoms with Gasteiger partial charge in [-0.15, -0.1) is 0 Å². The molecule has 0 saturated carbocycles. The molecule has 0 bridgehead atoms. The van der Waals surface area contributed by atoms with Crippen molar-refractivity contribution in [3.8, 4) is 0 Å². The Bertz CT molecular complexity index is 723. The van der Waals surface area contributed by atoms with Gasteiger partial charge in [-0.2, -0.15) is 0 Å². The highest BCUT2D eigenvalue weighted by molar-refractivity contribution is 5.88. The highest BCUT2D eigenvalue weighted by Crippen LogP contribution is 2.26. The van der Waals surface area contributed by atoms with Crippen molar-refractivity contribution in [1.29, 1.82) is 0 Å². The van der Waals surface area contributed by atoms with Gasteiger partial charge in [0, 0.05) is 17.2 Å². The first-order chi connectivity index (χ1) is 10.1. The van der Waals surface area contributed by atoms with E-state index in [1.807, 2.05) is 0 Å². The number of H-pyrrole nitrogens is 1. The summed E-state index contributed by atoms with van der Waals surface area (Å²) in [6.07, 6.45) is 1.61. The molecule has 120 valence electrons. The number of ether oxygens (including phenoxy) is 1. The molecule has 7 nitrogen and oxygen atoms in total. The zero-order chi connectivity index (χ0) is 16.7. The summed E-state index contributed by atoms with van der Waals surface area (Å²) in [6, 6.07) is 0. The van der Waals surface area contributed by atoms with E-state index in [2.05, 4.69) is 4.98 Å². The van der Waals surface area contributed by atoms with Gasteiger partial charge in [0.2, 0.25) is 0 Å². The van der Waals surface area contributed by atoms with Crippen molar-refractivity contribution >= 4 is 5.78 Å². The summed E-state index contributed by atoms with van der Waals surface area (Å²) >= 11 is 0. The van der Waals surface area contributed by atoms with Crippen molar-refractivity contribution < 1.29 is 14.6 Å². The quantitative estimate of drug-likeness (QED) is 0.781. The predicted octanol–water partition coefficient (Wildman–Crippen LogP) is 0.275. The Morgan fingerprint density at radius 2 is 2.00 bits per heavy atom. The molecule has 0 saturated heterocycles. The number of carbonyl (C=O) groups is 1. The molecule has 0 aliphatic carbocycles. The molecule has 7 heteroatoms. The smallest absolute Gasteiger partial charge is 0.330 e. The van der Waals surface area contributed by atoms with E-state index in [9.17, 15) is 19.5 Å². The SMILES string of the molecule is Cc1cn([C@H]2C=C[C@@H](C(O)C(=O)C(C)(C)C)O2)c(=O)[nH]c1=O. The average Bonchev–Trinajstić information content (AvgIpc) is 2.89. The third-order valence-electron chi connectivity index (χ3n) is 3.50. The molecule has 0 spiro atoms. The maximum atomic E-state index is 12.1. The van der Waals surface area contributed by atoms with Gasteiger partial charge in [-0.1, -0.05) is 26.8 Å². The normalized spacial score (nSPS) is 22.8. The molecule has 1 aliphatic rings. The van der Waals surface area contributed by atoms with Gasteiger partial charge < -0.3 is 9.84 Å². The molecule has 0 fully saturated rings. The van der Waals surface area contributed by atoms with E-state index in [4.69, 9.17) is 4.74 Å². The van der Waals surface area contributed by atoms with Crippen LogP contribution < -0.4 is 11.2 Å². The van der Waals surface area contributed by atoms with E-state index >= 15 is 0 Å². The largest absolute Gasteiger partial charge is 0.382 e. The number of hydrogen-bond donors (Lipinski definition) is 2. The van der Waals surface area contributed by atoms with Crippen LogP contribution in [0.2, 0.25) is 0 Å². The van der Waals surface area contributed by atoms with E-state index in [1.165, 1.54) is 10.8 Å². The maximum Gasteiger partial charge on any atom is 0.330 e. The molecule has 2 rings (SSSR count). The van der Waals surface area contributed by atoms with Gasteiger partial charge in [-0.3, -0.25) is 19.1 Å². The van der Waals surface area contributed by atoms with Gasteiger partial charge in [0.25, 0.3) is 5.56 Å². The van der Waals surface area contributed by atoms with E-state index in [0.717, 1.165) is 0 Å². The number of aromatic nitrogens is 2. The molecular formula is C15H20N2O5. The molecule has 1 aromatic heterocycles. The Hall–Kier alpha value is -1.99. The number of ketones is 1. The Labute approximate surface area is 127 Å². The van der Waals surface area contributed by atoms with Crippen LogP contribution in [-0.2, 0) is 9.53 Å². The third kappa shape index (κ3) is 3.10. The molecule has 2 heterocycles. The number of aliphatic hydroxyl groups is 1. The zero-order valence-electron chi connectivity index (χ0n) is 13.0. The van der Waals surface area contributed by atoms with Crippen LogP contribution in [0.25, 0.3) is 0 Å². The first kappa shape index (κ1) is 16.4. The Morgan fingerprint density at radius 3 is 2.59 bits per heavy atom. The van der Waals surface area contributed by atoms with Gasteiger partial charge in [-0.05, 0) is 13.0 Å². The van der Waals surface area contributed by atoms with E-state index in [-0.39, 0.29) is 5.78 Å². The lowest BCUT2D eigenvalue weighted by Gasteiger charge is -2.25. The fourth-order valence-corrected chi connectivity index (χ4v) is 2.16. The first-order valence-corrected chi connectivity index (χ1v) is 6.99. The van der Waals surface area contributed by atoms with Gasteiger partial charge >= 0.3 is 5.69 Å². The zero-order valence-corrected chi connectivity index (χ0v) is 13.0. The minimum atomic E-state index is -1.30. The Morgan fingerprint density at radius 1 is 1.36 bits per heavy atom. The second-order valence-corrected chi connectivity index (χ2v) is 6.41. The summed E-state index contributed by atoms with van der Waals surface area (Å²) in [5.74, 6) is -0.340. The van der Waals surface area contributed by atoms with Crippen LogP contribution in [0.15, 0.2) is 27.9 Å². The predicted molar refractivity (Wildman–Crippen MR) is 79.6 cm³/mol. The van der Waals surface area contributed by atoms with Crippen molar-refractivity contribution in [3.05, 3.63) is 44.8 Å². The number of carbonyl (C=O) groups excluding carboxylic acids is 1. The minimum Gasteiger partial charge on any atom is -0.382 e. The number of rotatable bonds is 3. The van der Waals surface area contributed by atoms with Crippen LogP contribution in [0.1, 0.15) is 32.6 Å². The van der Waals surface area contributed by atoms with Crippen molar-refractivity contribution in [2.75, 3.05) is 0 Å². The molecule has 1 unspecified atom stereocenters. The van der Waals surface area contributed by atoms with Crippen LogP contribution in [0.4, 0.5) is 0 Å². The monoisotopic (exact) mass is 308 g/mol. The molecule has 1 aromatic rings. The summed E-state index contributed by atoms with van der Waals surface area (Å²) < 4.78 is 6.77. The average molecular weight is 308 g/mol. The molecule has 3 atom stereocenters. The number of nitrogens with one attached hydrogen (secondary N) is 1. The van der Waals surface area contributed by atoms with Crippen molar-refractivity contribution in [2.24, 2.45) is 5.41 Å². The summed E-state index contributed by atoms with van der Waals surface area (Å²) in [7, 11) is 0. The van der Waals surface area contributed by atoms with Crippen LogP contribution in [0.3, 0.4) is 0 Å². The van der Waals surface area contributed by atoms with Gasteiger partial charge in [0.05, 0.1) is 0 Å². The van der Waals surface area contributed by atoms with Crippen LogP contribution in [0.5, 0.6) is 0 Å². The fourth-order valence-electron chi connectivity index (χ4n) is 2.16. The number of Topliss-reactive ketones (excluding diaryl/α,β-unsaturated/α-hetero) is 1. The third-order valence-corrected chi connectivity index (χ3v) is 3.50. The summed E-state index contributed by atoms with van der Waals surface area (Å²) in [5, 5.41) is 10.1. The van der Waals surface area contributed by atoms with Crippen molar-refractivity contribution in [1.82, 2.24) is 9.55 Å². The summed E-state index contributed by atoms with van der Waals surface area (Å²) in [5.41, 5.74) is -1.39. The number of aliphatic hydroxyl groups excluding tert-OH is 1. The fraction of sp³-hybridized carbons (Fsp3) is 0.533. The number of nitrogens with zero attached hydrogens (tertiary/aromatic N) is 1. The summed E-state index contributed by atoms with van der Waals surface area (Å²) in [4.78, 5) is 37.4. The van der Waals surface area contributed by atoms with Crippen molar-refractivity contribution in [3.63, 3.8) is 0 Å². The highest BCUT2D eigenvalue weighted by atomic mass is 16.5. The molecule has 0 radical (unpaired) electrons. The molecule has 0 amide bonds. The van der Waals surface area contributed by atoms with Crippen LogP contribution >= 0.6 is 0 Å². The van der Waals surface area contributed by atoms with Crippen molar-refractivity contribution in [2.45, 2.75) is 46.1 Å². The lowest BCUT2D eigenvalue weighted by atomic mass is 9.86. The lowest BCUT2D eigenvalue weighted by molar-refractivity contribution is -0.143. The topological polar surface area (TPSA) is 101 Å². The van der Waals surface area contributed by atoms with E-state index in [0.29, 0.717) is 5.56 Å². The summed E-state index contributed by atoms with van der Waals surface area (Å²) in [6.45, 7) is 6.71. The first-order valence-electron chi connectivity index (χ1n) is 6.99. The highest BCUT2D eigenvalue weighted by Gasteiger charge is 2.36. The molecule has 1 aliphatic heterocycles. The van der Waals surface area contributed by atoms with Crippen LogP contribution in [-0.4, -0.2) is 32.6 Å². The van der Waals surface area contributed by atoms with Gasteiger partial charge in [-0.25, -0.2) is 4.79 Å². The molecule has 0 aromatic carbocycles. The maximum absolute atomic E-state index is 12.1. The molecule has 22 heavy (non-hydrogen) atoms. The number of hydrogen-bond acceptors (Lipinski definition) is 5. The second kappa shape index (κ2) is 5.66. The Balaban J connectivity index is 2.20. The molecule has 2 N–H and O–H groups in total. The van der Waals surface area contributed by atoms with Crippen LogP contribution in [0, 0.1) is 12.3 Å². The van der Waals surface area contributed by atoms with Gasteiger partial charge in [0.15, 0.2) is 12.0 Å². The second-order valence-electron chi connectivity index (χ2n) is 6.41. The minimum absolute atomic E-state index is 0.340. The van der Waals surface area contributed by atoms with Gasteiger partial charge in [0.1, 0.15) is 12.2 Å². The standard InChI is InChI=1S/C15H20N2O5/c1-8-7-17(14(21)16-13(8)20)10-6-5-9(22-10)11(18)12(19)15(2,3)4/h5-7,9-11,18H,1-4H3,(H,16,20,21)/t9-,10+,11?/m0/s1. The number of aromatic amines is 1. The lowest BCUT2D eigenvalue weighted by Crippen LogP contribution is -2.41. The molecular weight excluding hydrogens is 288 g/mol. The van der Waals surface area contributed by atoms with E-state index in [1.54, 1.807) is 39.8 Å². The Kier molecular flexibility index (Phi) is 4.21.